The number of rotatable bonds is 2. The SMILES string of the molecule is CC(=O)C12CCC(C(N)=O)(CC1)CC2. The molecule has 14 heavy (non-hydrogen) atoms. The second-order valence-electron chi connectivity index (χ2n) is 4.98. The van der Waals surface area contributed by atoms with Gasteiger partial charge >= 0.3 is 0 Å². The Bertz CT molecular complexity index is 241. The predicted molar refractivity (Wildman–Crippen MR) is 52.4 cm³/mol. The van der Waals surface area contributed by atoms with Crippen molar-refractivity contribution in [3.8, 4) is 0 Å². The van der Waals surface area contributed by atoms with Gasteiger partial charge in [0.25, 0.3) is 0 Å². The molecule has 78 valence electrons. The zero-order valence-corrected chi connectivity index (χ0v) is 8.64. The van der Waals surface area contributed by atoms with Crippen LogP contribution in [0.2, 0.25) is 0 Å². The van der Waals surface area contributed by atoms with Gasteiger partial charge in [-0.1, -0.05) is 0 Å². The minimum Gasteiger partial charge on any atom is -0.369 e. The summed E-state index contributed by atoms with van der Waals surface area (Å²) in [7, 11) is 0. The Morgan fingerprint density at radius 2 is 1.29 bits per heavy atom. The van der Waals surface area contributed by atoms with E-state index in [2.05, 4.69) is 0 Å². The summed E-state index contributed by atoms with van der Waals surface area (Å²) in [5.41, 5.74) is 5.07. The van der Waals surface area contributed by atoms with Crippen LogP contribution in [-0.4, -0.2) is 11.7 Å². The number of carbonyl (C=O) groups excluding carboxylic acids is 2. The maximum absolute atomic E-state index is 11.5. The lowest BCUT2D eigenvalue weighted by Crippen LogP contribution is -2.50. The Kier molecular flexibility index (Phi) is 1.95. The lowest BCUT2D eigenvalue weighted by atomic mass is 9.52. The average Bonchev–Trinajstić information content (AvgIpc) is 2.20. The first-order valence-electron chi connectivity index (χ1n) is 5.32. The third-order valence-electron chi connectivity index (χ3n) is 4.52. The van der Waals surface area contributed by atoms with Crippen molar-refractivity contribution >= 4 is 11.7 Å². The summed E-state index contributed by atoms with van der Waals surface area (Å²) >= 11 is 0. The molecule has 2 N–H and O–H groups in total. The van der Waals surface area contributed by atoms with Crippen LogP contribution in [0.4, 0.5) is 0 Å². The fraction of sp³-hybridized carbons (Fsp3) is 0.818. The number of fused-ring (bicyclic) bond motifs is 3. The van der Waals surface area contributed by atoms with Crippen LogP contribution in [-0.2, 0) is 9.59 Å². The molecule has 0 radical (unpaired) electrons. The molecule has 0 aliphatic heterocycles. The van der Waals surface area contributed by atoms with Crippen molar-refractivity contribution in [2.24, 2.45) is 16.6 Å². The highest BCUT2D eigenvalue weighted by Gasteiger charge is 2.53. The molecule has 0 aromatic heterocycles. The van der Waals surface area contributed by atoms with E-state index in [-0.39, 0.29) is 16.7 Å². The Hall–Kier alpha value is -0.860. The van der Waals surface area contributed by atoms with Gasteiger partial charge in [-0.2, -0.15) is 0 Å². The van der Waals surface area contributed by atoms with Crippen LogP contribution in [0.3, 0.4) is 0 Å². The van der Waals surface area contributed by atoms with Crippen LogP contribution < -0.4 is 5.73 Å². The summed E-state index contributed by atoms with van der Waals surface area (Å²) < 4.78 is 0. The van der Waals surface area contributed by atoms with Gasteiger partial charge in [-0.15, -0.1) is 0 Å². The van der Waals surface area contributed by atoms with E-state index in [0.717, 1.165) is 38.5 Å². The molecule has 3 fully saturated rings. The van der Waals surface area contributed by atoms with Crippen molar-refractivity contribution < 1.29 is 9.59 Å². The van der Waals surface area contributed by atoms with E-state index in [0.29, 0.717) is 5.78 Å². The van der Waals surface area contributed by atoms with Gasteiger partial charge in [0.1, 0.15) is 5.78 Å². The average molecular weight is 195 g/mol. The van der Waals surface area contributed by atoms with Crippen molar-refractivity contribution in [3.63, 3.8) is 0 Å². The molecule has 0 heterocycles. The molecular formula is C11H17NO2. The van der Waals surface area contributed by atoms with Gasteiger partial charge in [-0.25, -0.2) is 0 Å². The number of amides is 1. The monoisotopic (exact) mass is 195 g/mol. The molecule has 3 rings (SSSR count). The third-order valence-corrected chi connectivity index (χ3v) is 4.52. The van der Waals surface area contributed by atoms with Crippen molar-refractivity contribution in [1.82, 2.24) is 0 Å². The molecule has 0 aromatic rings. The van der Waals surface area contributed by atoms with Gasteiger partial charge in [0.15, 0.2) is 0 Å². The molecule has 0 saturated heterocycles. The number of Topliss-reactive ketones (excluding diaryl/α,β-unsaturated/α-hetero) is 1. The Labute approximate surface area is 84.0 Å². The molecule has 1 amide bonds. The smallest absolute Gasteiger partial charge is 0.223 e. The number of ketones is 1. The second kappa shape index (κ2) is 2.81. The largest absolute Gasteiger partial charge is 0.369 e. The standard InChI is InChI=1S/C11H17NO2/c1-8(13)10-2-5-11(6-3-10,7-4-10)9(12)14/h2-7H2,1H3,(H2,12,14). The quantitative estimate of drug-likeness (QED) is 0.724. The molecular weight excluding hydrogens is 178 g/mol. The van der Waals surface area contributed by atoms with Gasteiger partial charge in [0.2, 0.25) is 5.91 Å². The molecule has 3 nitrogen and oxygen atoms in total. The molecule has 3 saturated carbocycles. The normalized spacial score (nSPS) is 40.9. The highest BCUT2D eigenvalue weighted by atomic mass is 16.1. The van der Waals surface area contributed by atoms with Crippen LogP contribution >= 0.6 is 0 Å². The minimum absolute atomic E-state index is 0.1000. The fourth-order valence-corrected chi connectivity index (χ4v) is 3.08. The zero-order chi connectivity index (χ0) is 10.4. The summed E-state index contributed by atoms with van der Waals surface area (Å²) in [4.78, 5) is 22.9. The van der Waals surface area contributed by atoms with E-state index in [9.17, 15) is 9.59 Å². The van der Waals surface area contributed by atoms with Crippen molar-refractivity contribution in [2.45, 2.75) is 45.4 Å². The fourth-order valence-electron chi connectivity index (χ4n) is 3.08. The highest BCUT2D eigenvalue weighted by Crippen LogP contribution is 2.56. The van der Waals surface area contributed by atoms with Gasteiger partial charge in [-0.3, -0.25) is 9.59 Å². The van der Waals surface area contributed by atoms with Crippen LogP contribution in [0.15, 0.2) is 0 Å². The zero-order valence-electron chi connectivity index (χ0n) is 8.64. The van der Waals surface area contributed by atoms with E-state index in [1.165, 1.54) is 0 Å². The van der Waals surface area contributed by atoms with E-state index in [1.54, 1.807) is 6.92 Å². The van der Waals surface area contributed by atoms with Gasteiger partial charge in [0, 0.05) is 10.8 Å². The second-order valence-corrected chi connectivity index (χ2v) is 4.98. The first-order chi connectivity index (χ1) is 6.51. The van der Waals surface area contributed by atoms with Crippen molar-refractivity contribution in [1.29, 1.82) is 0 Å². The van der Waals surface area contributed by atoms with Gasteiger partial charge in [0.05, 0.1) is 0 Å². The molecule has 3 heteroatoms. The van der Waals surface area contributed by atoms with Crippen molar-refractivity contribution in [2.75, 3.05) is 0 Å². The lowest BCUT2D eigenvalue weighted by Gasteiger charge is -2.50. The van der Waals surface area contributed by atoms with Crippen LogP contribution in [0, 0.1) is 10.8 Å². The van der Waals surface area contributed by atoms with Gasteiger partial charge < -0.3 is 5.73 Å². The Morgan fingerprint density at radius 1 is 0.929 bits per heavy atom. The first-order valence-corrected chi connectivity index (χ1v) is 5.32. The highest BCUT2D eigenvalue weighted by molar-refractivity contribution is 5.86. The minimum atomic E-state index is -0.267. The maximum Gasteiger partial charge on any atom is 0.223 e. The summed E-state index contributed by atoms with van der Waals surface area (Å²) in [6.45, 7) is 1.68. The van der Waals surface area contributed by atoms with E-state index < -0.39 is 0 Å². The maximum atomic E-state index is 11.5. The number of carbonyl (C=O) groups is 2. The van der Waals surface area contributed by atoms with Crippen LogP contribution in [0.5, 0.6) is 0 Å². The molecule has 0 unspecified atom stereocenters. The van der Waals surface area contributed by atoms with Crippen LogP contribution in [0.1, 0.15) is 45.4 Å². The number of hydrogen-bond acceptors (Lipinski definition) is 2. The summed E-state index contributed by atoms with van der Waals surface area (Å²) in [6, 6.07) is 0. The van der Waals surface area contributed by atoms with E-state index in [1.807, 2.05) is 0 Å². The number of hydrogen-bond donors (Lipinski definition) is 1. The van der Waals surface area contributed by atoms with E-state index in [4.69, 9.17) is 5.73 Å². The summed E-state index contributed by atoms with van der Waals surface area (Å²) in [6.07, 6.45) is 5.06. The molecule has 3 aliphatic rings. The van der Waals surface area contributed by atoms with Crippen LogP contribution in [0.25, 0.3) is 0 Å². The molecule has 2 bridgehead atoms. The van der Waals surface area contributed by atoms with Crippen molar-refractivity contribution in [3.05, 3.63) is 0 Å². The predicted octanol–water partition coefficient (Wildman–Crippen LogP) is 1.40. The molecule has 0 atom stereocenters. The molecule has 0 aromatic carbocycles. The lowest BCUT2D eigenvalue weighted by molar-refractivity contribution is -0.146. The number of nitrogens with two attached hydrogens (primary N) is 1. The first kappa shape index (κ1) is 9.69. The molecule has 0 spiro atoms. The number of primary amides is 1. The molecule has 3 aliphatic carbocycles. The van der Waals surface area contributed by atoms with E-state index >= 15 is 0 Å². The third kappa shape index (κ3) is 1.11. The topological polar surface area (TPSA) is 60.2 Å². The Balaban J connectivity index is 2.21. The summed E-state index contributed by atoms with van der Waals surface area (Å²) in [5.74, 6) is 0.143. The van der Waals surface area contributed by atoms with Gasteiger partial charge in [-0.05, 0) is 45.4 Å². The summed E-state index contributed by atoms with van der Waals surface area (Å²) in [5, 5.41) is 0. The Morgan fingerprint density at radius 3 is 1.57 bits per heavy atom.